The third kappa shape index (κ3) is 2.03. The minimum Gasteiger partial charge on any atom is -0.351 e. The molecule has 2 heterocycles. The van der Waals surface area contributed by atoms with E-state index >= 15 is 0 Å². The number of aromatic amines is 1. The zero-order valence-electron chi connectivity index (χ0n) is 10.6. The lowest BCUT2D eigenvalue weighted by Crippen LogP contribution is -2.38. The van der Waals surface area contributed by atoms with E-state index in [4.69, 9.17) is 17.0 Å². The Labute approximate surface area is 110 Å². The van der Waals surface area contributed by atoms with Crippen LogP contribution < -0.4 is 5.69 Å². The van der Waals surface area contributed by atoms with E-state index in [1.54, 1.807) is 6.07 Å². The van der Waals surface area contributed by atoms with Crippen molar-refractivity contribution >= 4 is 12.2 Å². The Morgan fingerprint density at radius 1 is 1.67 bits per heavy atom. The lowest BCUT2D eigenvalue weighted by atomic mass is 9.88. The second-order valence-electron chi connectivity index (χ2n) is 4.89. The molecule has 1 saturated heterocycles. The summed E-state index contributed by atoms with van der Waals surface area (Å²) in [5.74, 6) is -0.262. The van der Waals surface area contributed by atoms with Crippen LogP contribution in [0.25, 0.3) is 0 Å². The highest BCUT2D eigenvalue weighted by atomic mass is 32.1. The predicted octanol–water partition coefficient (Wildman–Crippen LogP) is 2.58. The van der Waals surface area contributed by atoms with Gasteiger partial charge in [0.25, 0.3) is 0 Å². The molecule has 4 nitrogen and oxygen atoms in total. The summed E-state index contributed by atoms with van der Waals surface area (Å²) in [5, 5.41) is 0. The Morgan fingerprint density at radius 2 is 2.33 bits per heavy atom. The first-order valence-electron chi connectivity index (χ1n) is 6.03. The van der Waals surface area contributed by atoms with Crippen LogP contribution in [0.4, 0.5) is 4.39 Å². The summed E-state index contributed by atoms with van der Waals surface area (Å²) in [4.78, 5) is 14.3. The van der Waals surface area contributed by atoms with Crippen molar-refractivity contribution < 1.29 is 9.13 Å². The van der Waals surface area contributed by atoms with Crippen LogP contribution in [0, 0.1) is 10.6 Å². The van der Waals surface area contributed by atoms with E-state index in [9.17, 15) is 9.18 Å². The van der Waals surface area contributed by atoms with Crippen molar-refractivity contribution in [2.24, 2.45) is 5.92 Å². The maximum absolute atomic E-state index is 14.7. The molecular formula is C12H17FN2O2S. The van der Waals surface area contributed by atoms with Gasteiger partial charge in [-0.2, -0.15) is 0 Å². The fourth-order valence-corrected chi connectivity index (χ4v) is 2.55. The van der Waals surface area contributed by atoms with Crippen molar-refractivity contribution in [1.29, 1.82) is 0 Å². The fraction of sp³-hybridized carbons (Fsp3) is 0.667. The van der Waals surface area contributed by atoms with Gasteiger partial charge in [0.05, 0.1) is 6.10 Å². The molecule has 0 radical (unpaired) electrons. The molecule has 0 bridgehead atoms. The van der Waals surface area contributed by atoms with Crippen LogP contribution in [0.15, 0.2) is 17.1 Å². The number of rotatable bonds is 2. The number of hydrogen-bond acceptors (Lipinski definition) is 3. The van der Waals surface area contributed by atoms with Gasteiger partial charge in [-0.25, -0.2) is 9.18 Å². The number of nitrogens with zero attached hydrogens (tertiary/aromatic N) is 1. The topological polar surface area (TPSA) is 47.0 Å². The molecule has 6 heteroatoms. The van der Waals surface area contributed by atoms with Crippen LogP contribution in [-0.2, 0) is 4.74 Å². The van der Waals surface area contributed by atoms with Crippen molar-refractivity contribution in [3.8, 4) is 0 Å². The zero-order chi connectivity index (χ0) is 13.5. The number of halogens is 1. The van der Waals surface area contributed by atoms with Gasteiger partial charge in [-0.1, -0.05) is 26.1 Å². The number of ether oxygens (including phenoxy) is 1. The average Bonchev–Trinajstić information content (AvgIpc) is 2.52. The van der Waals surface area contributed by atoms with Crippen LogP contribution in [0.2, 0.25) is 0 Å². The maximum Gasteiger partial charge on any atom is 0.328 e. The summed E-state index contributed by atoms with van der Waals surface area (Å²) < 4.78 is 22.0. The summed E-state index contributed by atoms with van der Waals surface area (Å²) in [5.41, 5.74) is -2.03. The van der Waals surface area contributed by atoms with Crippen molar-refractivity contribution in [3.63, 3.8) is 0 Å². The Bertz CT molecular complexity index is 551. The summed E-state index contributed by atoms with van der Waals surface area (Å²) >= 11 is 4.86. The normalized spacial score (nSPS) is 35.9. The first-order valence-corrected chi connectivity index (χ1v) is 6.44. The highest BCUT2D eigenvalue weighted by molar-refractivity contribution is 7.71. The summed E-state index contributed by atoms with van der Waals surface area (Å²) in [7, 11) is 0. The lowest BCUT2D eigenvalue weighted by Gasteiger charge is -2.25. The van der Waals surface area contributed by atoms with Crippen LogP contribution >= 0.6 is 12.2 Å². The quantitative estimate of drug-likeness (QED) is 0.842. The van der Waals surface area contributed by atoms with Crippen LogP contribution in [0.5, 0.6) is 0 Å². The minimum atomic E-state index is -1.58. The van der Waals surface area contributed by atoms with Crippen molar-refractivity contribution in [2.75, 3.05) is 0 Å². The molecule has 1 aromatic heterocycles. The van der Waals surface area contributed by atoms with E-state index < -0.39 is 17.6 Å². The van der Waals surface area contributed by atoms with Gasteiger partial charge < -0.3 is 4.74 Å². The summed E-state index contributed by atoms with van der Waals surface area (Å²) in [6.07, 6.45) is 1.11. The molecule has 18 heavy (non-hydrogen) atoms. The van der Waals surface area contributed by atoms with E-state index in [1.807, 2.05) is 13.8 Å². The first kappa shape index (κ1) is 13.4. The highest BCUT2D eigenvalue weighted by Crippen LogP contribution is 2.45. The third-order valence-corrected chi connectivity index (χ3v) is 3.98. The number of nitrogens with one attached hydrogen (secondary N) is 1. The van der Waals surface area contributed by atoms with Crippen molar-refractivity contribution in [2.45, 2.75) is 45.2 Å². The largest absolute Gasteiger partial charge is 0.351 e. The second-order valence-corrected chi connectivity index (χ2v) is 5.33. The van der Waals surface area contributed by atoms with Crippen LogP contribution in [0.3, 0.4) is 0 Å². The molecular weight excluding hydrogens is 255 g/mol. The molecule has 0 aromatic carbocycles. The molecule has 0 saturated carbocycles. The summed E-state index contributed by atoms with van der Waals surface area (Å²) in [6.45, 7) is 5.23. The molecule has 1 unspecified atom stereocenters. The molecule has 1 aliphatic rings. The number of hydrogen-bond donors (Lipinski definition) is 1. The lowest BCUT2D eigenvalue weighted by molar-refractivity contribution is -0.0501. The average molecular weight is 272 g/mol. The van der Waals surface area contributed by atoms with Crippen LogP contribution in [0.1, 0.15) is 33.4 Å². The van der Waals surface area contributed by atoms with E-state index in [0.29, 0.717) is 4.64 Å². The van der Waals surface area contributed by atoms with Crippen molar-refractivity contribution in [3.05, 3.63) is 27.4 Å². The highest BCUT2D eigenvalue weighted by Gasteiger charge is 2.52. The molecule has 0 aliphatic carbocycles. The van der Waals surface area contributed by atoms with Gasteiger partial charge in [-0.3, -0.25) is 9.55 Å². The predicted molar refractivity (Wildman–Crippen MR) is 68.8 cm³/mol. The van der Waals surface area contributed by atoms with Gasteiger partial charge in [0.15, 0.2) is 11.9 Å². The standard InChI is InChI=1S/C12H17FN2O2S/c1-4-8-7(2)12(3,13)10(17-8)15-6-5-9(18)14-11(15)16/h5-8,10H,4H2,1-3H3,(H,14,16,18)/t7-,8+,10+,12?/m0/s1. The minimum absolute atomic E-state index is 0.180. The van der Waals surface area contributed by atoms with Crippen LogP contribution in [-0.4, -0.2) is 21.3 Å². The number of H-pyrrole nitrogens is 1. The Morgan fingerprint density at radius 3 is 2.83 bits per heavy atom. The van der Waals surface area contributed by atoms with Gasteiger partial charge >= 0.3 is 5.69 Å². The Kier molecular flexibility index (Phi) is 3.42. The molecule has 0 spiro atoms. The second kappa shape index (κ2) is 4.59. The molecule has 4 atom stereocenters. The molecule has 1 fully saturated rings. The molecule has 1 aromatic rings. The smallest absolute Gasteiger partial charge is 0.328 e. The van der Waals surface area contributed by atoms with E-state index in [2.05, 4.69) is 4.98 Å². The Hall–Kier alpha value is -1.01. The number of alkyl halides is 1. The van der Waals surface area contributed by atoms with Gasteiger partial charge in [0.1, 0.15) is 4.64 Å². The molecule has 0 amide bonds. The van der Waals surface area contributed by atoms with Gasteiger partial charge in [-0.05, 0) is 19.4 Å². The van der Waals surface area contributed by atoms with E-state index in [0.717, 1.165) is 6.42 Å². The van der Waals surface area contributed by atoms with E-state index in [1.165, 1.54) is 17.7 Å². The van der Waals surface area contributed by atoms with Gasteiger partial charge in [-0.15, -0.1) is 0 Å². The fourth-order valence-electron chi connectivity index (χ4n) is 2.40. The summed E-state index contributed by atoms with van der Waals surface area (Å²) in [6, 6.07) is 1.56. The monoisotopic (exact) mass is 272 g/mol. The Balaban J connectivity index is 2.45. The van der Waals surface area contributed by atoms with Crippen molar-refractivity contribution in [1.82, 2.24) is 9.55 Å². The molecule has 2 rings (SSSR count). The van der Waals surface area contributed by atoms with Gasteiger partial charge in [0.2, 0.25) is 0 Å². The molecule has 1 aliphatic heterocycles. The third-order valence-electron chi connectivity index (χ3n) is 3.74. The SMILES string of the molecule is CC[C@H]1O[C@@H](n2ccc(=S)[nH]c2=O)C(C)(F)[C@H]1C. The van der Waals surface area contributed by atoms with Gasteiger partial charge in [0, 0.05) is 12.1 Å². The molecule has 100 valence electrons. The van der Waals surface area contributed by atoms with E-state index in [-0.39, 0.29) is 12.0 Å². The maximum atomic E-state index is 14.7. The molecule has 1 N–H and O–H groups in total. The first-order chi connectivity index (χ1) is 8.37. The zero-order valence-corrected chi connectivity index (χ0v) is 11.5. The number of aromatic nitrogens is 2.